The van der Waals surface area contributed by atoms with Crippen LogP contribution in [-0.4, -0.2) is 16.2 Å². The molecule has 1 aliphatic carbocycles. The van der Waals surface area contributed by atoms with Crippen molar-refractivity contribution in [3.63, 3.8) is 0 Å². The van der Waals surface area contributed by atoms with Crippen LogP contribution in [0, 0.1) is 0 Å². The topological polar surface area (TPSA) is 51.0 Å². The fourth-order valence-electron chi connectivity index (χ4n) is 1.64. The molecular weight excluding hydrogens is 223 g/mol. The fourth-order valence-corrected chi connectivity index (χ4v) is 1.64. The average molecular weight is 235 g/mol. The van der Waals surface area contributed by atoms with E-state index in [-0.39, 0.29) is 11.9 Å². The molecule has 0 aliphatic heterocycles. The first kappa shape index (κ1) is 11.4. The van der Waals surface area contributed by atoms with Crippen LogP contribution in [0.2, 0.25) is 0 Å². The summed E-state index contributed by atoms with van der Waals surface area (Å²) in [7, 11) is 0. The van der Waals surface area contributed by atoms with Crippen molar-refractivity contribution in [1.29, 1.82) is 0 Å². The third-order valence-corrected chi connectivity index (χ3v) is 2.41. The zero-order valence-electron chi connectivity index (χ0n) is 8.93. The van der Waals surface area contributed by atoms with Crippen LogP contribution in [0.4, 0.5) is 13.2 Å². The van der Waals surface area contributed by atoms with E-state index < -0.39 is 17.6 Å². The molecule has 2 rings (SSSR count). The summed E-state index contributed by atoms with van der Waals surface area (Å²) in [4.78, 5) is 3.40. The molecule has 1 aromatic rings. The average Bonchev–Trinajstić information content (AvgIpc) is 2.73. The highest BCUT2D eigenvalue weighted by Gasteiger charge is 2.50. The molecule has 0 amide bonds. The molecule has 0 unspecified atom stereocenters. The lowest BCUT2D eigenvalue weighted by molar-refractivity contribution is -0.159. The normalized spacial score (nSPS) is 19.1. The number of rotatable bonds is 3. The molecule has 1 heterocycles. The molecular formula is C9H12F3N3O. The van der Waals surface area contributed by atoms with Crippen molar-refractivity contribution in [2.24, 2.45) is 0 Å². The lowest BCUT2D eigenvalue weighted by Crippen LogP contribution is -2.35. The van der Waals surface area contributed by atoms with Crippen LogP contribution >= 0.6 is 0 Å². The Bertz CT molecular complexity index is 382. The quantitative estimate of drug-likeness (QED) is 0.871. The van der Waals surface area contributed by atoms with Crippen LogP contribution in [0.5, 0.6) is 0 Å². The van der Waals surface area contributed by atoms with Gasteiger partial charge in [-0.25, -0.2) is 0 Å². The summed E-state index contributed by atoms with van der Waals surface area (Å²) in [6.07, 6.45) is -3.09. The van der Waals surface area contributed by atoms with E-state index in [1.165, 1.54) is 0 Å². The number of hydrogen-bond donors (Lipinski definition) is 1. The zero-order chi connectivity index (χ0) is 12.0. The minimum Gasteiger partial charge on any atom is -0.329 e. The van der Waals surface area contributed by atoms with Gasteiger partial charge in [-0.2, -0.15) is 18.2 Å². The van der Waals surface area contributed by atoms with E-state index in [1.54, 1.807) is 0 Å². The van der Waals surface area contributed by atoms with Crippen LogP contribution in [0.3, 0.4) is 0 Å². The molecule has 0 saturated heterocycles. The highest BCUT2D eigenvalue weighted by Crippen LogP contribution is 2.45. The first-order valence-electron chi connectivity index (χ1n) is 5.02. The van der Waals surface area contributed by atoms with Crippen LogP contribution < -0.4 is 5.32 Å². The van der Waals surface area contributed by atoms with Crippen LogP contribution in [0.1, 0.15) is 38.4 Å². The molecule has 7 heteroatoms. The Morgan fingerprint density at radius 2 is 2.00 bits per heavy atom. The van der Waals surface area contributed by atoms with Gasteiger partial charge in [0.15, 0.2) is 5.82 Å². The van der Waals surface area contributed by atoms with E-state index in [2.05, 4.69) is 20.0 Å². The molecule has 0 spiro atoms. The number of alkyl halides is 3. The lowest BCUT2D eigenvalue weighted by atomic mass is 10.2. The van der Waals surface area contributed by atoms with Gasteiger partial charge in [-0.3, -0.25) is 0 Å². The molecule has 16 heavy (non-hydrogen) atoms. The van der Waals surface area contributed by atoms with Gasteiger partial charge in [0.25, 0.3) is 0 Å². The molecule has 0 atom stereocenters. The summed E-state index contributed by atoms with van der Waals surface area (Å²) in [6, 6.07) is 0.162. The van der Waals surface area contributed by atoms with E-state index in [0.29, 0.717) is 0 Å². The van der Waals surface area contributed by atoms with Gasteiger partial charge >= 0.3 is 12.1 Å². The van der Waals surface area contributed by atoms with Crippen LogP contribution in [0.25, 0.3) is 0 Å². The minimum atomic E-state index is -4.57. The highest BCUT2D eigenvalue weighted by molar-refractivity contribution is 5.16. The molecule has 90 valence electrons. The van der Waals surface area contributed by atoms with Gasteiger partial charge in [0.2, 0.25) is 0 Å². The van der Waals surface area contributed by atoms with Crippen molar-refractivity contribution in [1.82, 2.24) is 15.5 Å². The predicted molar refractivity (Wildman–Crippen MR) is 48.5 cm³/mol. The van der Waals surface area contributed by atoms with Crippen molar-refractivity contribution in [2.75, 3.05) is 0 Å². The molecule has 1 aliphatic rings. The molecule has 1 fully saturated rings. The smallest absolute Gasteiger partial charge is 0.329 e. The number of hydrogen-bond acceptors (Lipinski definition) is 4. The number of nitrogens with one attached hydrogen (secondary N) is 1. The number of halogens is 3. The first-order chi connectivity index (χ1) is 7.33. The monoisotopic (exact) mass is 235 g/mol. The number of nitrogens with zero attached hydrogens (tertiary/aromatic N) is 2. The minimum absolute atomic E-state index is 0.105. The summed E-state index contributed by atoms with van der Waals surface area (Å²) in [5, 5.41) is 6.56. The van der Waals surface area contributed by atoms with Gasteiger partial charge in [-0.15, -0.1) is 0 Å². The van der Waals surface area contributed by atoms with Crippen molar-refractivity contribution >= 4 is 0 Å². The summed E-state index contributed by atoms with van der Waals surface area (Å²) >= 11 is 0. The maximum absolute atomic E-state index is 12.3. The maximum atomic E-state index is 12.3. The second-order valence-electron chi connectivity index (χ2n) is 4.30. The Kier molecular flexibility index (Phi) is 2.45. The first-order valence-corrected chi connectivity index (χ1v) is 5.02. The molecule has 1 saturated carbocycles. The lowest BCUT2D eigenvalue weighted by Gasteiger charge is -2.16. The van der Waals surface area contributed by atoms with Crippen molar-refractivity contribution in [2.45, 2.75) is 44.4 Å². The Morgan fingerprint density at radius 1 is 1.38 bits per heavy atom. The fraction of sp³-hybridized carbons (Fsp3) is 0.778. The molecule has 1 aromatic heterocycles. The van der Waals surface area contributed by atoms with Crippen molar-refractivity contribution < 1.29 is 17.7 Å². The van der Waals surface area contributed by atoms with Gasteiger partial charge in [0, 0.05) is 6.04 Å². The Labute approximate surface area is 90.2 Å². The second kappa shape index (κ2) is 3.44. The second-order valence-corrected chi connectivity index (χ2v) is 4.30. The van der Waals surface area contributed by atoms with E-state index >= 15 is 0 Å². The standard InChI is InChI=1S/C9H12F3N3O/c1-5(2)14-8(3-4-8)6-13-7(16-15-6)9(10,11)12/h5,14H,3-4H2,1-2H3. The third-order valence-electron chi connectivity index (χ3n) is 2.41. The maximum Gasteiger partial charge on any atom is 0.471 e. The summed E-state index contributed by atoms with van der Waals surface area (Å²) in [6.45, 7) is 3.84. The zero-order valence-corrected chi connectivity index (χ0v) is 8.93. The van der Waals surface area contributed by atoms with E-state index in [9.17, 15) is 13.2 Å². The Hall–Kier alpha value is -1.11. The third kappa shape index (κ3) is 2.04. The predicted octanol–water partition coefficient (Wildman–Crippen LogP) is 2.08. The highest BCUT2D eigenvalue weighted by atomic mass is 19.4. The summed E-state index contributed by atoms with van der Waals surface area (Å²) in [5.74, 6) is -1.17. The van der Waals surface area contributed by atoms with Gasteiger partial charge in [0.05, 0.1) is 5.54 Å². The van der Waals surface area contributed by atoms with Gasteiger partial charge in [0.1, 0.15) is 0 Å². The largest absolute Gasteiger partial charge is 0.471 e. The Balaban J connectivity index is 2.19. The molecule has 1 N–H and O–H groups in total. The SMILES string of the molecule is CC(C)NC1(c2noc(C(F)(F)F)n2)CC1. The van der Waals surface area contributed by atoms with Crippen molar-refractivity contribution in [3.8, 4) is 0 Å². The van der Waals surface area contributed by atoms with Gasteiger partial charge in [-0.1, -0.05) is 5.16 Å². The van der Waals surface area contributed by atoms with E-state index in [0.717, 1.165) is 12.8 Å². The van der Waals surface area contributed by atoms with Crippen molar-refractivity contribution in [3.05, 3.63) is 11.7 Å². The van der Waals surface area contributed by atoms with Gasteiger partial charge < -0.3 is 9.84 Å². The Morgan fingerprint density at radius 3 is 2.38 bits per heavy atom. The van der Waals surface area contributed by atoms with E-state index in [1.807, 2.05) is 13.8 Å². The van der Waals surface area contributed by atoms with E-state index in [4.69, 9.17) is 0 Å². The summed E-state index contributed by atoms with van der Waals surface area (Å²) < 4.78 is 41.0. The molecule has 0 radical (unpaired) electrons. The van der Waals surface area contributed by atoms with Crippen LogP contribution in [-0.2, 0) is 11.7 Å². The molecule has 0 bridgehead atoms. The summed E-state index contributed by atoms with van der Waals surface area (Å²) in [5.41, 5.74) is -0.513. The van der Waals surface area contributed by atoms with Crippen LogP contribution in [0.15, 0.2) is 4.52 Å². The number of aromatic nitrogens is 2. The molecule has 0 aromatic carbocycles. The molecule has 4 nitrogen and oxygen atoms in total. The van der Waals surface area contributed by atoms with Gasteiger partial charge in [-0.05, 0) is 26.7 Å².